The first-order valence-corrected chi connectivity index (χ1v) is 7.30. The van der Waals surface area contributed by atoms with Gasteiger partial charge in [0.15, 0.2) is 0 Å². The van der Waals surface area contributed by atoms with Crippen LogP contribution in [-0.2, 0) is 20.9 Å². The smallest absolute Gasteiger partial charge is 0.225 e. The van der Waals surface area contributed by atoms with Crippen LogP contribution < -0.4 is 15.4 Å². The van der Waals surface area contributed by atoms with E-state index in [0.29, 0.717) is 45.0 Å². The van der Waals surface area contributed by atoms with E-state index in [4.69, 9.17) is 9.47 Å². The summed E-state index contributed by atoms with van der Waals surface area (Å²) in [6, 6.07) is 3.62. The molecule has 0 aromatic carbocycles. The summed E-state index contributed by atoms with van der Waals surface area (Å²) in [6.45, 7) is 1.79. The summed E-state index contributed by atoms with van der Waals surface area (Å²) in [4.78, 5) is 27.2. The minimum absolute atomic E-state index is 0.0114. The zero-order valence-corrected chi connectivity index (χ0v) is 12.6. The van der Waals surface area contributed by atoms with Crippen molar-refractivity contribution in [3.63, 3.8) is 0 Å². The normalized spacial score (nSPS) is 17.7. The number of pyridine rings is 1. The lowest BCUT2D eigenvalue weighted by molar-refractivity contribution is -0.129. The quantitative estimate of drug-likeness (QED) is 0.705. The predicted octanol–water partition coefficient (Wildman–Crippen LogP) is 0.249. The third-order valence-electron chi connectivity index (χ3n) is 3.44. The summed E-state index contributed by atoms with van der Waals surface area (Å²) in [7, 11) is 1.61. The van der Waals surface area contributed by atoms with Gasteiger partial charge in [0.2, 0.25) is 17.7 Å². The zero-order chi connectivity index (χ0) is 15.8. The van der Waals surface area contributed by atoms with Crippen LogP contribution in [0.25, 0.3) is 0 Å². The second kappa shape index (κ2) is 8.33. The van der Waals surface area contributed by atoms with Gasteiger partial charge in [0.05, 0.1) is 12.5 Å². The minimum Gasteiger partial charge on any atom is -0.475 e. The molecule has 1 saturated heterocycles. The van der Waals surface area contributed by atoms with E-state index in [2.05, 4.69) is 15.6 Å². The first kappa shape index (κ1) is 16.2. The Hall–Kier alpha value is -2.15. The highest BCUT2D eigenvalue weighted by molar-refractivity contribution is 5.83. The molecule has 1 aromatic heterocycles. The molecule has 22 heavy (non-hydrogen) atoms. The molecule has 1 atom stereocenters. The fraction of sp³-hybridized carbons (Fsp3) is 0.533. The maximum Gasteiger partial charge on any atom is 0.225 e. The van der Waals surface area contributed by atoms with Crippen molar-refractivity contribution in [2.45, 2.75) is 19.4 Å². The number of nitrogens with zero attached hydrogens (tertiary/aromatic N) is 1. The summed E-state index contributed by atoms with van der Waals surface area (Å²) in [5.74, 6) is 0.349. The predicted molar refractivity (Wildman–Crippen MR) is 79.2 cm³/mol. The molecule has 120 valence electrons. The van der Waals surface area contributed by atoms with Gasteiger partial charge in [0.1, 0.15) is 6.61 Å². The summed E-state index contributed by atoms with van der Waals surface area (Å²) in [5.41, 5.74) is 0.896. The summed E-state index contributed by atoms with van der Waals surface area (Å²) >= 11 is 0. The number of ether oxygens (including phenoxy) is 2. The maximum atomic E-state index is 12.0. The van der Waals surface area contributed by atoms with E-state index in [1.54, 1.807) is 19.4 Å². The monoisotopic (exact) mass is 307 g/mol. The van der Waals surface area contributed by atoms with Crippen LogP contribution in [0.2, 0.25) is 0 Å². The maximum absolute atomic E-state index is 12.0. The van der Waals surface area contributed by atoms with E-state index < -0.39 is 0 Å². The average molecular weight is 307 g/mol. The first-order chi connectivity index (χ1) is 10.7. The molecule has 1 aliphatic rings. The number of methoxy groups -OCH3 is 1. The van der Waals surface area contributed by atoms with Gasteiger partial charge in [-0.1, -0.05) is 6.07 Å². The van der Waals surface area contributed by atoms with Crippen molar-refractivity contribution in [2.24, 2.45) is 5.92 Å². The lowest BCUT2D eigenvalue weighted by atomic mass is 9.98. The van der Waals surface area contributed by atoms with Crippen molar-refractivity contribution in [3.8, 4) is 5.88 Å². The van der Waals surface area contributed by atoms with Crippen molar-refractivity contribution in [1.82, 2.24) is 15.6 Å². The van der Waals surface area contributed by atoms with Crippen LogP contribution in [0.1, 0.15) is 18.4 Å². The van der Waals surface area contributed by atoms with Gasteiger partial charge < -0.3 is 20.1 Å². The molecule has 0 radical (unpaired) electrons. The number of carbonyl (C=O) groups excluding carboxylic acids is 2. The summed E-state index contributed by atoms with van der Waals surface area (Å²) in [5, 5.41) is 5.57. The largest absolute Gasteiger partial charge is 0.475 e. The first-order valence-electron chi connectivity index (χ1n) is 7.30. The molecule has 1 fully saturated rings. The van der Waals surface area contributed by atoms with Gasteiger partial charge in [0.25, 0.3) is 0 Å². The molecule has 7 nitrogen and oxygen atoms in total. The van der Waals surface area contributed by atoms with Gasteiger partial charge in [-0.15, -0.1) is 0 Å². The molecular weight excluding hydrogens is 286 g/mol. The number of carbonyl (C=O) groups is 2. The van der Waals surface area contributed by atoms with E-state index in [1.807, 2.05) is 6.07 Å². The van der Waals surface area contributed by atoms with Crippen LogP contribution >= 0.6 is 0 Å². The van der Waals surface area contributed by atoms with E-state index in [1.165, 1.54) is 0 Å². The topological polar surface area (TPSA) is 89.5 Å². The average Bonchev–Trinajstić information content (AvgIpc) is 2.55. The Kier molecular flexibility index (Phi) is 6.14. The molecule has 0 bridgehead atoms. The number of amides is 2. The molecular formula is C15H21N3O4. The van der Waals surface area contributed by atoms with Crippen LogP contribution in [0, 0.1) is 5.92 Å². The Morgan fingerprint density at radius 1 is 1.45 bits per heavy atom. The van der Waals surface area contributed by atoms with E-state index in [-0.39, 0.29) is 17.7 Å². The van der Waals surface area contributed by atoms with E-state index in [0.717, 1.165) is 5.56 Å². The molecule has 2 N–H and O–H groups in total. The Labute approximate surface area is 129 Å². The van der Waals surface area contributed by atoms with Crippen molar-refractivity contribution in [2.75, 3.05) is 26.9 Å². The SMILES string of the molecule is COCCOc1ccc(CNC(=O)[C@@H]2CCC(=O)NC2)cn1. The molecule has 2 amide bonds. The molecule has 2 heterocycles. The lowest BCUT2D eigenvalue weighted by Crippen LogP contribution is -2.42. The van der Waals surface area contributed by atoms with Gasteiger partial charge in [-0.05, 0) is 12.0 Å². The fourth-order valence-electron chi connectivity index (χ4n) is 2.12. The number of piperidine rings is 1. The fourth-order valence-corrected chi connectivity index (χ4v) is 2.12. The van der Waals surface area contributed by atoms with Crippen LogP contribution in [0.5, 0.6) is 5.88 Å². The molecule has 0 unspecified atom stereocenters. The van der Waals surface area contributed by atoms with Gasteiger partial charge in [-0.3, -0.25) is 9.59 Å². The second-order valence-electron chi connectivity index (χ2n) is 5.10. The second-order valence-corrected chi connectivity index (χ2v) is 5.10. The number of hydrogen-bond donors (Lipinski definition) is 2. The Morgan fingerprint density at radius 3 is 2.95 bits per heavy atom. The lowest BCUT2D eigenvalue weighted by Gasteiger charge is -2.21. The van der Waals surface area contributed by atoms with Crippen LogP contribution in [0.4, 0.5) is 0 Å². The molecule has 0 spiro atoms. The van der Waals surface area contributed by atoms with Crippen molar-refractivity contribution in [3.05, 3.63) is 23.9 Å². The third kappa shape index (κ3) is 5.00. The minimum atomic E-state index is -0.151. The highest BCUT2D eigenvalue weighted by Crippen LogP contribution is 2.12. The number of aromatic nitrogens is 1. The van der Waals surface area contributed by atoms with Crippen molar-refractivity contribution < 1.29 is 19.1 Å². The van der Waals surface area contributed by atoms with Crippen molar-refractivity contribution in [1.29, 1.82) is 0 Å². The van der Waals surface area contributed by atoms with E-state index >= 15 is 0 Å². The Morgan fingerprint density at radius 2 is 2.32 bits per heavy atom. The third-order valence-corrected chi connectivity index (χ3v) is 3.44. The van der Waals surface area contributed by atoms with E-state index in [9.17, 15) is 9.59 Å². The molecule has 1 aliphatic heterocycles. The highest BCUT2D eigenvalue weighted by atomic mass is 16.5. The van der Waals surface area contributed by atoms with Crippen LogP contribution in [0.15, 0.2) is 18.3 Å². The van der Waals surface area contributed by atoms with Crippen molar-refractivity contribution >= 4 is 11.8 Å². The molecule has 1 aromatic rings. The number of rotatable bonds is 7. The Balaban J connectivity index is 1.74. The summed E-state index contributed by atoms with van der Waals surface area (Å²) in [6.07, 6.45) is 2.68. The molecule has 7 heteroatoms. The molecule has 2 rings (SSSR count). The van der Waals surface area contributed by atoms with Gasteiger partial charge in [-0.25, -0.2) is 4.98 Å². The van der Waals surface area contributed by atoms with Crippen LogP contribution in [0.3, 0.4) is 0 Å². The van der Waals surface area contributed by atoms with Gasteiger partial charge in [0, 0.05) is 38.9 Å². The van der Waals surface area contributed by atoms with Gasteiger partial charge in [-0.2, -0.15) is 0 Å². The van der Waals surface area contributed by atoms with Gasteiger partial charge >= 0.3 is 0 Å². The number of nitrogens with one attached hydrogen (secondary N) is 2. The molecule has 0 saturated carbocycles. The standard InChI is InChI=1S/C15H21N3O4/c1-21-6-7-22-14-5-2-11(8-17-14)9-18-15(20)12-3-4-13(19)16-10-12/h2,5,8,12H,3-4,6-7,9-10H2,1H3,(H,16,19)(H,18,20)/t12-/m1/s1. The Bertz CT molecular complexity index is 494. The molecule has 0 aliphatic carbocycles. The zero-order valence-electron chi connectivity index (χ0n) is 12.6. The summed E-state index contributed by atoms with van der Waals surface area (Å²) < 4.78 is 10.3. The van der Waals surface area contributed by atoms with Crippen LogP contribution in [-0.4, -0.2) is 43.7 Å². The highest BCUT2D eigenvalue weighted by Gasteiger charge is 2.23. The number of hydrogen-bond acceptors (Lipinski definition) is 5.